The second-order valence-corrected chi connectivity index (χ2v) is 5.76. The van der Waals surface area contributed by atoms with Crippen LogP contribution in [0.25, 0.3) is 0 Å². The average Bonchev–Trinajstić information content (AvgIpc) is 2.55. The monoisotopic (exact) mass is 392 g/mol. The molecule has 2 aromatic carbocycles. The van der Waals surface area contributed by atoms with Gasteiger partial charge in [0, 0.05) is 10.2 Å². The van der Waals surface area contributed by atoms with Gasteiger partial charge in [-0.2, -0.15) is 5.26 Å². The van der Waals surface area contributed by atoms with Crippen molar-refractivity contribution in [3.63, 3.8) is 0 Å². The van der Waals surface area contributed by atoms with Crippen molar-refractivity contribution in [2.75, 3.05) is 11.9 Å². The Morgan fingerprint density at radius 2 is 1.91 bits per heavy atom. The summed E-state index contributed by atoms with van der Waals surface area (Å²) in [4.78, 5) is 23.7. The summed E-state index contributed by atoms with van der Waals surface area (Å²) in [6, 6.07) is 13.1. The van der Waals surface area contributed by atoms with Gasteiger partial charge in [-0.15, -0.1) is 0 Å². The molecular weight excluding hydrogens is 384 g/mol. The molecule has 116 valence electrons. The first-order valence-corrected chi connectivity index (χ1v) is 7.59. The maximum atomic E-state index is 11.9. The smallest absolute Gasteiger partial charge is 0.340 e. The maximum absolute atomic E-state index is 11.9. The highest BCUT2D eigenvalue weighted by atomic mass is 79.9. The molecule has 7 heteroatoms. The number of amides is 1. The predicted octanol–water partition coefficient (Wildman–Crippen LogP) is 3.77. The number of nitrogens with one attached hydrogen (secondary N) is 1. The minimum absolute atomic E-state index is 0.173. The van der Waals surface area contributed by atoms with E-state index in [2.05, 4.69) is 21.2 Å². The minimum Gasteiger partial charge on any atom is -0.452 e. The summed E-state index contributed by atoms with van der Waals surface area (Å²) in [5.74, 6) is -1.18. The molecular formula is C16H10BrClN2O3. The van der Waals surface area contributed by atoms with Crippen molar-refractivity contribution < 1.29 is 14.3 Å². The van der Waals surface area contributed by atoms with Crippen LogP contribution in [0.3, 0.4) is 0 Å². The number of hydrogen-bond acceptors (Lipinski definition) is 4. The van der Waals surface area contributed by atoms with E-state index in [4.69, 9.17) is 21.6 Å². The molecule has 2 rings (SSSR count). The highest BCUT2D eigenvalue weighted by Crippen LogP contribution is 2.21. The van der Waals surface area contributed by atoms with E-state index in [0.29, 0.717) is 15.7 Å². The summed E-state index contributed by atoms with van der Waals surface area (Å²) in [5.41, 5.74) is 1.16. The minimum atomic E-state index is -0.689. The topological polar surface area (TPSA) is 79.2 Å². The lowest BCUT2D eigenvalue weighted by Crippen LogP contribution is -2.21. The van der Waals surface area contributed by atoms with Gasteiger partial charge in [-0.25, -0.2) is 4.79 Å². The molecule has 0 aromatic heterocycles. The quantitative estimate of drug-likeness (QED) is 0.802. The summed E-state index contributed by atoms with van der Waals surface area (Å²) in [5, 5.41) is 11.5. The third-order valence-corrected chi connectivity index (χ3v) is 3.60. The first kappa shape index (κ1) is 17.0. The molecule has 0 saturated heterocycles. The Kier molecular flexibility index (Phi) is 5.74. The van der Waals surface area contributed by atoms with E-state index >= 15 is 0 Å². The zero-order valence-electron chi connectivity index (χ0n) is 11.7. The number of nitrogens with zero attached hydrogens (tertiary/aromatic N) is 1. The first-order valence-electron chi connectivity index (χ1n) is 6.42. The summed E-state index contributed by atoms with van der Waals surface area (Å²) >= 11 is 9.15. The van der Waals surface area contributed by atoms with Gasteiger partial charge < -0.3 is 10.1 Å². The van der Waals surface area contributed by atoms with E-state index in [0.717, 1.165) is 0 Å². The van der Waals surface area contributed by atoms with Crippen molar-refractivity contribution in [3.05, 3.63) is 63.1 Å². The van der Waals surface area contributed by atoms with Gasteiger partial charge in [-0.1, -0.05) is 27.5 Å². The lowest BCUT2D eigenvalue weighted by Gasteiger charge is -2.08. The van der Waals surface area contributed by atoms with Gasteiger partial charge in [0.1, 0.15) is 0 Å². The molecule has 1 amide bonds. The summed E-state index contributed by atoms with van der Waals surface area (Å²) in [6.07, 6.45) is 0. The molecule has 0 bridgehead atoms. The zero-order valence-corrected chi connectivity index (χ0v) is 14.0. The van der Waals surface area contributed by atoms with Gasteiger partial charge >= 0.3 is 5.97 Å². The van der Waals surface area contributed by atoms with Crippen LogP contribution in [0.5, 0.6) is 0 Å². The second kappa shape index (κ2) is 7.77. The highest BCUT2D eigenvalue weighted by molar-refractivity contribution is 9.10. The van der Waals surface area contributed by atoms with Gasteiger partial charge in [0.15, 0.2) is 6.61 Å². The molecule has 0 aliphatic carbocycles. The van der Waals surface area contributed by atoms with Crippen LogP contribution < -0.4 is 5.32 Å². The van der Waals surface area contributed by atoms with Crippen LogP contribution in [0.1, 0.15) is 15.9 Å². The number of anilines is 1. The van der Waals surface area contributed by atoms with Crippen LogP contribution in [-0.2, 0) is 9.53 Å². The zero-order chi connectivity index (χ0) is 16.8. The Morgan fingerprint density at radius 1 is 1.22 bits per heavy atom. The number of hydrogen-bond donors (Lipinski definition) is 1. The lowest BCUT2D eigenvalue weighted by atomic mass is 10.2. The summed E-state index contributed by atoms with van der Waals surface area (Å²) < 4.78 is 5.61. The molecule has 0 spiro atoms. The third kappa shape index (κ3) is 4.81. The molecule has 1 N–H and O–H groups in total. The number of carbonyl (C=O) groups excluding carboxylic acids is 2. The van der Waals surface area contributed by atoms with Crippen LogP contribution in [0.15, 0.2) is 46.9 Å². The number of carbonyl (C=O) groups is 2. The van der Waals surface area contributed by atoms with Crippen LogP contribution in [0.4, 0.5) is 5.69 Å². The summed E-state index contributed by atoms with van der Waals surface area (Å²) in [6.45, 7) is -0.443. The molecule has 0 aliphatic heterocycles. The fraction of sp³-hybridized carbons (Fsp3) is 0.0625. The predicted molar refractivity (Wildman–Crippen MR) is 89.2 cm³/mol. The second-order valence-electron chi connectivity index (χ2n) is 4.44. The number of nitriles is 1. The van der Waals surface area contributed by atoms with Crippen molar-refractivity contribution in [1.82, 2.24) is 0 Å². The third-order valence-electron chi connectivity index (χ3n) is 2.78. The Hall–Kier alpha value is -2.36. The number of ether oxygens (including phenoxy) is 1. The molecule has 0 heterocycles. The van der Waals surface area contributed by atoms with E-state index in [-0.39, 0.29) is 10.6 Å². The fourth-order valence-electron chi connectivity index (χ4n) is 1.69. The molecule has 0 unspecified atom stereocenters. The molecule has 0 atom stereocenters. The molecule has 0 radical (unpaired) electrons. The van der Waals surface area contributed by atoms with E-state index in [1.165, 1.54) is 6.07 Å². The fourth-order valence-corrected chi connectivity index (χ4v) is 2.24. The number of rotatable bonds is 4. The van der Waals surface area contributed by atoms with E-state index in [9.17, 15) is 9.59 Å². The van der Waals surface area contributed by atoms with Crippen molar-refractivity contribution >= 4 is 45.1 Å². The molecule has 5 nitrogen and oxygen atoms in total. The van der Waals surface area contributed by atoms with Gasteiger partial charge in [0.2, 0.25) is 0 Å². The highest BCUT2D eigenvalue weighted by Gasteiger charge is 2.14. The van der Waals surface area contributed by atoms with Crippen LogP contribution in [-0.4, -0.2) is 18.5 Å². The number of halogens is 2. The van der Waals surface area contributed by atoms with Gasteiger partial charge in [0.25, 0.3) is 5.91 Å². The van der Waals surface area contributed by atoms with Crippen LogP contribution in [0.2, 0.25) is 5.02 Å². The average molecular weight is 394 g/mol. The SMILES string of the molecule is N#Cc1ccc(NC(=O)COC(=O)c2cc(Br)ccc2Cl)cc1. The van der Waals surface area contributed by atoms with Gasteiger partial charge in [-0.05, 0) is 42.5 Å². The molecule has 2 aromatic rings. The standard InChI is InChI=1S/C16H10BrClN2O3/c17-11-3-6-14(18)13(7-11)16(22)23-9-15(21)20-12-4-1-10(8-19)2-5-12/h1-7H,9H2,(H,20,21). The van der Waals surface area contributed by atoms with E-state index in [1.807, 2.05) is 6.07 Å². The van der Waals surface area contributed by atoms with Crippen molar-refractivity contribution in [3.8, 4) is 6.07 Å². The van der Waals surface area contributed by atoms with Crippen LogP contribution in [0, 0.1) is 11.3 Å². The first-order chi connectivity index (χ1) is 11.0. The normalized spacial score (nSPS) is 9.78. The van der Waals surface area contributed by atoms with Crippen molar-refractivity contribution in [2.45, 2.75) is 0 Å². The molecule has 0 saturated carbocycles. The Morgan fingerprint density at radius 3 is 2.57 bits per heavy atom. The summed E-state index contributed by atoms with van der Waals surface area (Å²) in [7, 11) is 0. The Bertz CT molecular complexity index is 785. The molecule has 23 heavy (non-hydrogen) atoms. The van der Waals surface area contributed by atoms with Crippen molar-refractivity contribution in [1.29, 1.82) is 5.26 Å². The van der Waals surface area contributed by atoms with Crippen LogP contribution >= 0.6 is 27.5 Å². The number of benzene rings is 2. The Labute approximate surface area is 145 Å². The van der Waals surface area contributed by atoms with Crippen molar-refractivity contribution in [2.24, 2.45) is 0 Å². The van der Waals surface area contributed by atoms with E-state index in [1.54, 1.807) is 36.4 Å². The number of esters is 1. The van der Waals surface area contributed by atoms with Gasteiger partial charge in [0.05, 0.1) is 22.2 Å². The maximum Gasteiger partial charge on any atom is 0.340 e. The molecule has 0 fully saturated rings. The largest absolute Gasteiger partial charge is 0.452 e. The lowest BCUT2D eigenvalue weighted by molar-refractivity contribution is -0.119. The Balaban J connectivity index is 1.92. The van der Waals surface area contributed by atoms with Gasteiger partial charge in [-0.3, -0.25) is 4.79 Å². The molecule has 0 aliphatic rings. The van der Waals surface area contributed by atoms with E-state index < -0.39 is 18.5 Å².